The molecule has 39 heavy (non-hydrogen) atoms. The van der Waals surface area contributed by atoms with Crippen molar-refractivity contribution in [3.05, 3.63) is 58.4 Å². The van der Waals surface area contributed by atoms with Gasteiger partial charge in [0.25, 0.3) is 5.91 Å². The van der Waals surface area contributed by atoms with Crippen molar-refractivity contribution < 1.29 is 14.3 Å². The summed E-state index contributed by atoms with van der Waals surface area (Å²) in [5, 5.41) is 17.6. The van der Waals surface area contributed by atoms with E-state index in [0.717, 1.165) is 23.8 Å². The summed E-state index contributed by atoms with van der Waals surface area (Å²) in [4.78, 5) is 26.7. The van der Waals surface area contributed by atoms with Crippen molar-refractivity contribution in [3.8, 4) is 11.8 Å². The van der Waals surface area contributed by atoms with Crippen molar-refractivity contribution in [1.29, 1.82) is 0 Å². The highest BCUT2D eigenvalue weighted by Gasteiger charge is 2.37. The molecule has 10 nitrogen and oxygen atoms in total. The van der Waals surface area contributed by atoms with Gasteiger partial charge in [-0.2, -0.15) is 15.3 Å². The Morgan fingerprint density at radius 1 is 1.33 bits per heavy atom. The van der Waals surface area contributed by atoms with Crippen LogP contribution >= 0.6 is 11.6 Å². The van der Waals surface area contributed by atoms with E-state index in [4.69, 9.17) is 22.1 Å². The van der Waals surface area contributed by atoms with Gasteiger partial charge in [0, 0.05) is 31.7 Å². The number of anilines is 1. The van der Waals surface area contributed by atoms with Crippen LogP contribution in [0.25, 0.3) is 10.9 Å². The number of nitrogens with zero attached hydrogens (tertiary/aromatic N) is 5. The van der Waals surface area contributed by atoms with E-state index in [0.29, 0.717) is 47.4 Å². The molecule has 5 rings (SSSR count). The third kappa shape index (κ3) is 4.95. The van der Waals surface area contributed by atoms with Crippen LogP contribution in [0.4, 0.5) is 5.82 Å². The van der Waals surface area contributed by atoms with Gasteiger partial charge in [0.05, 0.1) is 35.4 Å². The largest absolute Gasteiger partial charge is 0.383 e. The van der Waals surface area contributed by atoms with Crippen LogP contribution in [0.15, 0.2) is 31.0 Å². The fourth-order valence-electron chi connectivity index (χ4n) is 5.43. The first-order valence-corrected chi connectivity index (χ1v) is 13.2. The van der Waals surface area contributed by atoms with Crippen LogP contribution in [0.3, 0.4) is 0 Å². The first kappa shape index (κ1) is 26.7. The number of carbonyl (C=O) groups is 2. The van der Waals surface area contributed by atoms with E-state index in [1.807, 2.05) is 18.3 Å². The molecule has 0 radical (unpaired) electrons. The molecule has 1 saturated heterocycles. The van der Waals surface area contributed by atoms with E-state index in [1.54, 1.807) is 23.7 Å². The molecule has 2 aliphatic rings. The minimum absolute atomic E-state index is 0.159. The molecule has 11 heteroatoms. The molecule has 0 bridgehead atoms. The summed E-state index contributed by atoms with van der Waals surface area (Å²) in [6.45, 7) is 4.35. The molecule has 1 saturated carbocycles. The van der Waals surface area contributed by atoms with E-state index < -0.39 is 5.91 Å². The molecule has 0 spiro atoms. The molecule has 202 valence electrons. The highest BCUT2D eigenvalue weighted by molar-refractivity contribution is 6.32. The van der Waals surface area contributed by atoms with Crippen molar-refractivity contribution in [2.24, 2.45) is 5.73 Å². The Hall–Kier alpha value is -3.94. The molecule has 2 fully saturated rings. The molecule has 3 N–H and O–H groups in total. The van der Waals surface area contributed by atoms with Gasteiger partial charge in [-0.05, 0) is 54.9 Å². The van der Waals surface area contributed by atoms with Crippen LogP contribution in [0.1, 0.15) is 64.8 Å². The number of nitrogens with one attached hydrogen (secondary N) is 1. The average Bonchev–Trinajstić information content (AvgIpc) is 3.48. The molecule has 1 aliphatic carbocycles. The average molecular weight is 548 g/mol. The number of fused-ring (bicyclic) bond motifs is 1. The van der Waals surface area contributed by atoms with Crippen LogP contribution in [0.2, 0.25) is 5.02 Å². The van der Waals surface area contributed by atoms with E-state index in [1.165, 1.54) is 12.5 Å². The molecule has 1 aliphatic heterocycles. The number of halogens is 1. The van der Waals surface area contributed by atoms with Crippen molar-refractivity contribution in [3.63, 3.8) is 0 Å². The maximum atomic E-state index is 12.5. The molecule has 0 unspecified atom stereocenters. The number of nitrogens with two attached hydrogens (primary N) is 1. The Labute approximate surface area is 231 Å². The molecule has 3 aromatic rings. The van der Waals surface area contributed by atoms with Gasteiger partial charge in [-0.1, -0.05) is 30.5 Å². The van der Waals surface area contributed by atoms with Gasteiger partial charge in [0.2, 0.25) is 5.91 Å². The van der Waals surface area contributed by atoms with Crippen LogP contribution < -0.4 is 11.1 Å². The Morgan fingerprint density at radius 3 is 2.77 bits per heavy atom. The molecule has 1 aromatic carbocycles. The van der Waals surface area contributed by atoms with Crippen LogP contribution in [0.5, 0.6) is 0 Å². The predicted molar refractivity (Wildman–Crippen MR) is 149 cm³/mol. The van der Waals surface area contributed by atoms with Gasteiger partial charge in [0.15, 0.2) is 5.69 Å². The second kappa shape index (κ2) is 11.0. The van der Waals surface area contributed by atoms with E-state index >= 15 is 0 Å². The summed E-state index contributed by atoms with van der Waals surface area (Å²) in [5.41, 5.74) is 8.58. The summed E-state index contributed by atoms with van der Waals surface area (Å²) >= 11 is 6.64. The van der Waals surface area contributed by atoms with Gasteiger partial charge in [0.1, 0.15) is 11.4 Å². The minimum atomic E-state index is -0.666. The van der Waals surface area contributed by atoms with Crippen molar-refractivity contribution in [2.45, 2.75) is 43.7 Å². The summed E-state index contributed by atoms with van der Waals surface area (Å²) in [6.07, 6.45) is 7.17. The number of likely N-dealkylation sites (tertiary alicyclic amines) is 1. The zero-order chi connectivity index (χ0) is 27.7. The highest BCUT2D eigenvalue weighted by Crippen LogP contribution is 2.40. The summed E-state index contributed by atoms with van der Waals surface area (Å²) < 4.78 is 7.01. The Balaban J connectivity index is 1.52. The molecule has 2 amide bonds. The zero-order valence-corrected chi connectivity index (χ0v) is 22.7. The third-order valence-corrected chi connectivity index (χ3v) is 7.88. The third-order valence-electron chi connectivity index (χ3n) is 7.57. The number of rotatable bonds is 7. The maximum absolute atomic E-state index is 12.5. The SMILES string of the molecule is C=CC(=O)N1C[C@@H](n2nc(C#Cc3cc4nncc(C5CCC5)c4cc3Cl)c(C(N)=O)c2NC)C[C@@H]1COC. The van der Waals surface area contributed by atoms with Crippen molar-refractivity contribution >= 4 is 40.1 Å². The quantitative estimate of drug-likeness (QED) is 0.343. The Morgan fingerprint density at radius 2 is 2.13 bits per heavy atom. The van der Waals surface area contributed by atoms with Gasteiger partial charge in [-0.25, -0.2) is 4.68 Å². The molecular formula is C28H30ClN7O3. The lowest BCUT2D eigenvalue weighted by molar-refractivity contribution is -0.127. The fourth-order valence-corrected chi connectivity index (χ4v) is 5.64. The van der Waals surface area contributed by atoms with E-state index in [2.05, 4.69) is 39.0 Å². The summed E-state index contributed by atoms with van der Waals surface area (Å²) in [5.74, 6) is 6.11. The monoisotopic (exact) mass is 547 g/mol. The predicted octanol–water partition coefficient (Wildman–Crippen LogP) is 3.26. The number of methoxy groups -OCH3 is 1. The Kier molecular flexibility index (Phi) is 7.55. The number of hydrogen-bond donors (Lipinski definition) is 2. The van der Waals surface area contributed by atoms with Gasteiger partial charge < -0.3 is 20.7 Å². The minimum Gasteiger partial charge on any atom is -0.383 e. The molecule has 2 atom stereocenters. The number of carbonyl (C=O) groups excluding carboxylic acids is 2. The molecular weight excluding hydrogens is 518 g/mol. The van der Waals surface area contributed by atoms with Crippen LogP contribution in [-0.4, -0.2) is 70.0 Å². The smallest absolute Gasteiger partial charge is 0.255 e. The zero-order valence-electron chi connectivity index (χ0n) is 21.9. The number of aromatic nitrogens is 4. The van der Waals surface area contributed by atoms with E-state index in [-0.39, 0.29) is 29.2 Å². The van der Waals surface area contributed by atoms with Gasteiger partial charge >= 0.3 is 0 Å². The topological polar surface area (TPSA) is 128 Å². The van der Waals surface area contributed by atoms with Crippen molar-refractivity contribution in [1.82, 2.24) is 24.9 Å². The summed E-state index contributed by atoms with van der Waals surface area (Å²) in [7, 11) is 3.28. The first-order chi connectivity index (χ1) is 18.9. The number of ether oxygens (including phenoxy) is 1. The van der Waals surface area contributed by atoms with Crippen LogP contribution in [0, 0.1) is 11.8 Å². The Bertz CT molecular complexity index is 1520. The second-order valence-electron chi connectivity index (χ2n) is 9.85. The lowest BCUT2D eigenvalue weighted by atomic mass is 9.79. The first-order valence-electron chi connectivity index (χ1n) is 12.8. The van der Waals surface area contributed by atoms with Crippen molar-refractivity contribution in [2.75, 3.05) is 32.6 Å². The highest BCUT2D eigenvalue weighted by atomic mass is 35.5. The second-order valence-corrected chi connectivity index (χ2v) is 10.3. The fraction of sp³-hybridized carbons (Fsp3) is 0.393. The van der Waals surface area contributed by atoms with Gasteiger partial charge in [-0.15, -0.1) is 0 Å². The number of hydrogen-bond acceptors (Lipinski definition) is 7. The maximum Gasteiger partial charge on any atom is 0.255 e. The lowest BCUT2D eigenvalue weighted by Gasteiger charge is -2.26. The normalized spacial score (nSPS) is 18.9. The number of amides is 2. The summed E-state index contributed by atoms with van der Waals surface area (Å²) in [6, 6.07) is 3.31. The van der Waals surface area contributed by atoms with Crippen LogP contribution in [-0.2, 0) is 9.53 Å². The molecule has 3 heterocycles. The number of benzene rings is 1. The lowest BCUT2D eigenvalue weighted by Crippen LogP contribution is -2.37. The van der Waals surface area contributed by atoms with Gasteiger partial charge in [-0.3, -0.25) is 9.59 Å². The molecule has 2 aromatic heterocycles. The van der Waals surface area contributed by atoms with E-state index in [9.17, 15) is 9.59 Å². The number of primary amides is 1. The standard InChI is InChI=1S/C28H30ClN7O3/c1-4-25(37)35-14-18(11-19(35)15-39-3)36-28(31-2)26(27(30)38)23(34-36)9-8-17-10-24-20(12-22(17)29)21(13-32-33-24)16-6-5-7-16/h4,10,12-13,16,18-19,31H,1,5-7,11,14-15H2,2-3H3,(H2,30,38)/t18-,19+/m0/s1.